The van der Waals surface area contributed by atoms with Crippen molar-refractivity contribution in [1.29, 1.82) is 10.5 Å². The van der Waals surface area contributed by atoms with Gasteiger partial charge in [-0.25, -0.2) is 4.39 Å². The third kappa shape index (κ3) is 6.17. The van der Waals surface area contributed by atoms with E-state index in [-0.39, 0.29) is 52.3 Å². The van der Waals surface area contributed by atoms with E-state index in [4.69, 9.17) is 25.8 Å². The molecule has 2 heterocycles. The average molecular weight is 537 g/mol. The first-order valence-corrected chi connectivity index (χ1v) is 12.1. The molecule has 0 bridgehead atoms. The summed E-state index contributed by atoms with van der Waals surface area (Å²) >= 11 is 6.20. The van der Waals surface area contributed by atoms with Crippen LogP contribution in [0.15, 0.2) is 41.2 Å². The molecule has 2 aromatic carbocycles. The van der Waals surface area contributed by atoms with Crippen molar-refractivity contribution in [2.75, 3.05) is 13.2 Å². The number of aryl methyl sites for hydroxylation is 1. The van der Waals surface area contributed by atoms with E-state index in [1.807, 2.05) is 12.1 Å². The molecular weight excluding hydrogens is 515 g/mol. The number of nitriles is 2. The third-order valence-corrected chi connectivity index (χ3v) is 6.27. The van der Waals surface area contributed by atoms with Gasteiger partial charge >= 0.3 is 5.97 Å². The first kappa shape index (κ1) is 26.8. The first-order valence-electron chi connectivity index (χ1n) is 11.7. The van der Waals surface area contributed by atoms with E-state index in [0.29, 0.717) is 37.3 Å². The Morgan fingerprint density at radius 1 is 1.18 bits per heavy atom. The lowest BCUT2D eigenvalue weighted by Gasteiger charge is -2.20. The molecular formula is C27H22ClFN4O5. The maximum atomic E-state index is 15.5. The van der Waals surface area contributed by atoms with Crippen molar-refractivity contribution in [3.8, 4) is 23.6 Å². The number of benzene rings is 2. The van der Waals surface area contributed by atoms with Crippen LogP contribution in [0.5, 0.6) is 11.5 Å². The quantitative estimate of drug-likeness (QED) is 0.406. The molecule has 194 valence electrons. The fraction of sp³-hybridized carbons (Fsp3) is 0.296. The smallest absolute Gasteiger partial charge is 0.310 e. The van der Waals surface area contributed by atoms with E-state index in [0.717, 1.165) is 4.68 Å². The molecule has 11 heteroatoms. The van der Waals surface area contributed by atoms with Crippen molar-refractivity contribution in [2.45, 2.75) is 32.9 Å². The van der Waals surface area contributed by atoms with Gasteiger partial charge in [0.25, 0.3) is 5.56 Å². The normalized spacial score (nSPS) is 13.4. The Morgan fingerprint density at radius 2 is 1.87 bits per heavy atom. The summed E-state index contributed by atoms with van der Waals surface area (Å²) in [6, 6.07) is 12.4. The molecule has 0 atom stereocenters. The monoisotopic (exact) mass is 536 g/mol. The molecule has 9 nitrogen and oxygen atoms in total. The van der Waals surface area contributed by atoms with Gasteiger partial charge in [-0.3, -0.25) is 9.59 Å². The number of esters is 1. The maximum Gasteiger partial charge on any atom is 0.310 e. The summed E-state index contributed by atoms with van der Waals surface area (Å²) in [6.45, 7) is 2.19. The van der Waals surface area contributed by atoms with E-state index in [9.17, 15) is 20.1 Å². The van der Waals surface area contributed by atoms with Crippen LogP contribution in [0.1, 0.15) is 40.8 Å². The zero-order chi connectivity index (χ0) is 27.2. The summed E-state index contributed by atoms with van der Waals surface area (Å²) in [5.74, 6) is -1.67. The lowest BCUT2D eigenvalue weighted by Crippen LogP contribution is -2.31. The second-order valence-electron chi connectivity index (χ2n) is 8.70. The number of carbonyl (C=O) groups excluding carboxylic acids is 1. The highest BCUT2D eigenvalue weighted by molar-refractivity contribution is 6.32. The Hall–Kier alpha value is -4.25. The largest absolute Gasteiger partial charge is 0.453 e. The fourth-order valence-electron chi connectivity index (χ4n) is 4.00. The second-order valence-corrected chi connectivity index (χ2v) is 9.11. The Morgan fingerprint density at radius 3 is 2.53 bits per heavy atom. The summed E-state index contributed by atoms with van der Waals surface area (Å²) in [4.78, 5) is 24.9. The van der Waals surface area contributed by atoms with E-state index in [1.165, 1.54) is 36.4 Å². The van der Waals surface area contributed by atoms with Gasteiger partial charge in [0.15, 0.2) is 18.3 Å². The fourth-order valence-corrected chi connectivity index (χ4v) is 4.18. The zero-order valence-corrected chi connectivity index (χ0v) is 21.1. The molecule has 38 heavy (non-hydrogen) atoms. The summed E-state index contributed by atoms with van der Waals surface area (Å²) in [5.41, 5.74) is 0.796. The van der Waals surface area contributed by atoms with Gasteiger partial charge in [0, 0.05) is 25.2 Å². The van der Waals surface area contributed by atoms with E-state index < -0.39 is 17.3 Å². The van der Waals surface area contributed by atoms with Gasteiger partial charge in [-0.15, -0.1) is 0 Å². The Balaban J connectivity index is 1.56. The topological polar surface area (TPSA) is 127 Å². The third-order valence-electron chi connectivity index (χ3n) is 5.97. The van der Waals surface area contributed by atoms with Crippen LogP contribution in [-0.4, -0.2) is 29.0 Å². The Labute approximate surface area is 222 Å². The van der Waals surface area contributed by atoms with Crippen LogP contribution in [0.3, 0.4) is 0 Å². The first-order chi connectivity index (χ1) is 18.3. The van der Waals surface area contributed by atoms with Crippen molar-refractivity contribution >= 4 is 17.6 Å². The molecule has 0 radical (unpaired) electrons. The minimum Gasteiger partial charge on any atom is -0.453 e. The number of hydrogen-bond acceptors (Lipinski definition) is 8. The van der Waals surface area contributed by atoms with Crippen molar-refractivity contribution in [3.63, 3.8) is 0 Å². The summed E-state index contributed by atoms with van der Waals surface area (Å²) < 4.78 is 32.7. The predicted octanol–water partition coefficient (Wildman–Crippen LogP) is 4.40. The van der Waals surface area contributed by atoms with Gasteiger partial charge in [0.2, 0.25) is 0 Å². The molecule has 0 amide bonds. The summed E-state index contributed by atoms with van der Waals surface area (Å²) in [7, 11) is 0. The molecule has 1 fully saturated rings. The van der Waals surface area contributed by atoms with Crippen LogP contribution in [0.25, 0.3) is 0 Å². The van der Waals surface area contributed by atoms with Crippen LogP contribution in [0.4, 0.5) is 4.39 Å². The molecule has 0 unspecified atom stereocenters. The Bertz CT molecular complexity index is 1490. The molecule has 0 aliphatic carbocycles. The van der Waals surface area contributed by atoms with Gasteiger partial charge in [-0.2, -0.15) is 20.3 Å². The average Bonchev–Trinajstić information content (AvgIpc) is 2.93. The predicted molar refractivity (Wildman–Crippen MR) is 133 cm³/mol. The highest BCUT2D eigenvalue weighted by Crippen LogP contribution is 2.35. The van der Waals surface area contributed by atoms with Crippen LogP contribution >= 0.6 is 11.6 Å². The number of ether oxygens (including phenoxy) is 3. The molecule has 4 rings (SSSR count). The van der Waals surface area contributed by atoms with Crippen LogP contribution in [0.2, 0.25) is 5.02 Å². The highest BCUT2D eigenvalue weighted by Gasteiger charge is 2.23. The minimum absolute atomic E-state index is 0.0127. The molecule has 0 spiro atoms. The molecule has 0 saturated carbocycles. The Kier molecular flexibility index (Phi) is 8.37. The van der Waals surface area contributed by atoms with E-state index >= 15 is 4.39 Å². The molecule has 3 aromatic rings. The molecule has 0 N–H and O–H groups in total. The van der Waals surface area contributed by atoms with Gasteiger partial charge in [-0.1, -0.05) is 17.7 Å². The van der Waals surface area contributed by atoms with Gasteiger partial charge in [0.05, 0.1) is 39.9 Å². The van der Waals surface area contributed by atoms with E-state index in [2.05, 4.69) is 5.10 Å². The lowest BCUT2D eigenvalue weighted by molar-refractivity contribution is -0.156. The lowest BCUT2D eigenvalue weighted by atomic mass is 10.0. The van der Waals surface area contributed by atoms with Gasteiger partial charge in [-0.05, 0) is 55.7 Å². The van der Waals surface area contributed by atoms with E-state index in [1.54, 1.807) is 6.92 Å². The molecule has 1 aliphatic heterocycles. The number of rotatable bonds is 7. The van der Waals surface area contributed by atoms with Gasteiger partial charge < -0.3 is 14.2 Å². The zero-order valence-electron chi connectivity index (χ0n) is 20.4. The second kappa shape index (κ2) is 11.9. The number of halogens is 2. The van der Waals surface area contributed by atoms with Crippen LogP contribution < -0.4 is 10.3 Å². The summed E-state index contributed by atoms with van der Waals surface area (Å²) in [6.07, 6.45) is 1.09. The van der Waals surface area contributed by atoms with Crippen LogP contribution in [0, 0.1) is 41.3 Å². The van der Waals surface area contributed by atoms with Gasteiger partial charge in [0.1, 0.15) is 5.75 Å². The number of nitrogens with zero attached hydrogens (tertiary/aromatic N) is 4. The number of carbonyl (C=O) groups is 1. The van der Waals surface area contributed by atoms with Crippen molar-refractivity contribution < 1.29 is 23.4 Å². The SMILES string of the molecule is Cc1cc(Cc2ccc(Cl)c(Oc3cc(C#N)cc(C#N)c3)c2F)nn(COC(=O)C2CCOCC2)c1=O. The minimum atomic E-state index is -0.762. The molecule has 1 saturated heterocycles. The highest BCUT2D eigenvalue weighted by atomic mass is 35.5. The number of hydrogen-bond donors (Lipinski definition) is 0. The van der Waals surface area contributed by atoms with Crippen molar-refractivity contribution in [1.82, 2.24) is 9.78 Å². The maximum absolute atomic E-state index is 15.5. The van der Waals surface area contributed by atoms with Crippen molar-refractivity contribution in [2.24, 2.45) is 5.92 Å². The number of aromatic nitrogens is 2. The molecule has 1 aromatic heterocycles. The van der Waals surface area contributed by atoms with Crippen LogP contribution in [-0.2, 0) is 27.4 Å². The van der Waals surface area contributed by atoms with Crippen molar-refractivity contribution in [3.05, 3.63) is 85.5 Å². The standard InChI is InChI=1S/C27H22ClFN4O5/c1-16-8-21(32-33(26(16)34)15-37-27(35)19-4-6-36-7-5-19)12-20-2-3-23(28)25(24(20)29)38-22-10-17(13-30)9-18(11-22)14-31/h2-3,8-11,19H,4-7,12,15H2,1H3. The molecule has 1 aliphatic rings. The summed E-state index contributed by atoms with van der Waals surface area (Å²) in [5, 5.41) is 22.6.